The van der Waals surface area contributed by atoms with E-state index in [1.54, 1.807) is 23.6 Å². The average Bonchev–Trinajstić information content (AvgIpc) is 3.55. The molecule has 0 bridgehead atoms. The molecule has 1 saturated carbocycles. The number of hydrogen-bond acceptors (Lipinski definition) is 6. The molecule has 1 aliphatic rings. The summed E-state index contributed by atoms with van der Waals surface area (Å²) in [5.41, 5.74) is 2.33. The van der Waals surface area contributed by atoms with E-state index in [4.69, 9.17) is 4.74 Å². The molecule has 9 heteroatoms. The Labute approximate surface area is 196 Å². The van der Waals surface area contributed by atoms with Crippen LogP contribution in [0, 0.1) is 6.92 Å². The fourth-order valence-electron chi connectivity index (χ4n) is 3.67. The third-order valence-electron chi connectivity index (χ3n) is 5.29. The first kappa shape index (κ1) is 22.7. The molecule has 33 heavy (non-hydrogen) atoms. The molecule has 0 spiro atoms. The Morgan fingerprint density at radius 3 is 2.76 bits per heavy atom. The fraction of sp³-hybridized carbons (Fsp3) is 0.333. The third-order valence-corrected chi connectivity index (χ3v) is 6.11. The Morgan fingerprint density at radius 2 is 2.03 bits per heavy atom. The highest BCUT2D eigenvalue weighted by Crippen LogP contribution is 2.18. The first-order valence-electron chi connectivity index (χ1n) is 11.0. The number of thiazole rings is 1. The molecule has 172 valence electrons. The smallest absolute Gasteiger partial charge is 0.248 e. The maximum Gasteiger partial charge on any atom is 0.248 e. The molecular formula is C24H27N5O3S. The predicted octanol–water partition coefficient (Wildman–Crippen LogP) is 3.94. The molecule has 1 fully saturated rings. The van der Waals surface area contributed by atoms with Gasteiger partial charge in [0.15, 0.2) is 0 Å². The molecule has 2 amide bonds. The maximum absolute atomic E-state index is 12.2. The first-order valence-corrected chi connectivity index (χ1v) is 11.9. The molecular weight excluding hydrogens is 438 g/mol. The average molecular weight is 466 g/mol. The monoisotopic (exact) mass is 465 g/mol. The van der Waals surface area contributed by atoms with Crippen LogP contribution in [-0.2, 0) is 22.7 Å². The van der Waals surface area contributed by atoms with Crippen LogP contribution < -0.4 is 15.4 Å². The van der Waals surface area contributed by atoms with E-state index >= 15 is 0 Å². The highest BCUT2D eigenvalue weighted by atomic mass is 32.1. The largest absolute Gasteiger partial charge is 0.487 e. The van der Waals surface area contributed by atoms with Crippen molar-refractivity contribution in [1.82, 2.24) is 20.1 Å². The van der Waals surface area contributed by atoms with Crippen LogP contribution in [0.2, 0.25) is 0 Å². The molecule has 2 N–H and O–H groups in total. The van der Waals surface area contributed by atoms with Crippen molar-refractivity contribution < 1.29 is 14.3 Å². The lowest BCUT2D eigenvalue weighted by Crippen LogP contribution is -2.35. The molecule has 0 saturated heterocycles. The molecule has 0 aliphatic heterocycles. The van der Waals surface area contributed by atoms with Gasteiger partial charge in [0.2, 0.25) is 11.8 Å². The van der Waals surface area contributed by atoms with Crippen LogP contribution in [0.5, 0.6) is 5.75 Å². The quantitative estimate of drug-likeness (QED) is 0.467. The molecule has 0 atom stereocenters. The highest BCUT2D eigenvalue weighted by Gasteiger charge is 2.17. The summed E-state index contributed by atoms with van der Waals surface area (Å²) in [5, 5.41) is 12.9. The summed E-state index contributed by atoms with van der Waals surface area (Å²) in [5.74, 6) is 0.410. The number of amides is 2. The van der Waals surface area contributed by atoms with Crippen molar-refractivity contribution in [3.63, 3.8) is 0 Å². The first-order chi connectivity index (χ1) is 16.0. The Kier molecular flexibility index (Phi) is 7.51. The van der Waals surface area contributed by atoms with E-state index < -0.39 is 0 Å². The summed E-state index contributed by atoms with van der Waals surface area (Å²) >= 11 is 1.60. The number of hydrogen-bond donors (Lipinski definition) is 2. The Bertz CT molecular complexity index is 1110. The minimum absolute atomic E-state index is 0.0584. The van der Waals surface area contributed by atoms with Crippen molar-refractivity contribution in [2.75, 3.05) is 5.32 Å². The second-order valence-electron chi connectivity index (χ2n) is 8.01. The second kappa shape index (κ2) is 10.9. The number of anilines is 1. The van der Waals surface area contributed by atoms with E-state index in [1.807, 2.05) is 36.6 Å². The summed E-state index contributed by atoms with van der Waals surface area (Å²) < 4.78 is 7.26. The van der Waals surface area contributed by atoms with Crippen LogP contribution >= 0.6 is 11.3 Å². The molecule has 2 heterocycles. The van der Waals surface area contributed by atoms with E-state index in [1.165, 1.54) is 29.8 Å². The molecule has 3 aromatic rings. The van der Waals surface area contributed by atoms with E-state index in [0.717, 1.165) is 34.9 Å². The van der Waals surface area contributed by atoms with Crippen LogP contribution in [0.4, 0.5) is 5.69 Å². The maximum atomic E-state index is 12.2. The third kappa shape index (κ3) is 7.01. The van der Waals surface area contributed by atoms with Gasteiger partial charge in [0.1, 0.15) is 18.9 Å². The molecule has 1 aromatic carbocycles. The number of ether oxygens (including phenoxy) is 1. The Hall–Kier alpha value is -3.46. The van der Waals surface area contributed by atoms with Gasteiger partial charge in [-0.1, -0.05) is 25.0 Å². The summed E-state index contributed by atoms with van der Waals surface area (Å²) in [6.07, 6.45) is 10.8. The number of nitrogens with zero attached hydrogens (tertiary/aromatic N) is 3. The van der Waals surface area contributed by atoms with Gasteiger partial charge in [-0.25, -0.2) is 4.98 Å². The number of benzene rings is 1. The number of rotatable bonds is 9. The molecule has 0 unspecified atom stereocenters. The molecule has 1 aliphatic carbocycles. The normalized spacial score (nSPS) is 14.0. The Balaban J connectivity index is 1.22. The highest BCUT2D eigenvalue weighted by molar-refractivity contribution is 7.09. The van der Waals surface area contributed by atoms with Gasteiger partial charge in [0.05, 0.1) is 22.6 Å². The fourth-order valence-corrected chi connectivity index (χ4v) is 4.27. The van der Waals surface area contributed by atoms with Crippen molar-refractivity contribution in [1.29, 1.82) is 0 Å². The minimum atomic E-state index is -0.274. The van der Waals surface area contributed by atoms with Crippen molar-refractivity contribution in [3.05, 3.63) is 64.4 Å². The van der Waals surface area contributed by atoms with Crippen molar-refractivity contribution >= 4 is 34.9 Å². The zero-order valence-corrected chi connectivity index (χ0v) is 19.3. The summed E-state index contributed by atoms with van der Waals surface area (Å²) in [6.45, 7) is 2.53. The van der Waals surface area contributed by atoms with Gasteiger partial charge in [-0.05, 0) is 43.5 Å². The number of carbonyl (C=O) groups is 2. The van der Waals surface area contributed by atoms with Gasteiger partial charge in [0, 0.05) is 23.7 Å². The lowest BCUT2D eigenvalue weighted by molar-refractivity contribution is -0.122. The van der Waals surface area contributed by atoms with Gasteiger partial charge in [-0.3, -0.25) is 14.3 Å². The van der Waals surface area contributed by atoms with Crippen LogP contribution in [0.25, 0.3) is 6.08 Å². The van der Waals surface area contributed by atoms with Crippen LogP contribution in [0.3, 0.4) is 0 Å². The van der Waals surface area contributed by atoms with Crippen LogP contribution in [-0.4, -0.2) is 32.6 Å². The topological polar surface area (TPSA) is 98.1 Å². The zero-order chi connectivity index (χ0) is 23.0. The number of carbonyl (C=O) groups excluding carboxylic acids is 2. The van der Waals surface area contributed by atoms with Crippen LogP contribution in [0.15, 0.2) is 48.1 Å². The van der Waals surface area contributed by atoms with Crippen molar-refractivity contribution in [3.8, 4) is 5.75 Å². The van der Waals surface area contributed by atoms with Gasteiger partial charge >= 0.3 is 0 Å². The van der Waals surface area contributed by atoms with E-state index in [0.29, 0.717) is 12.3 Å². The minimum Gasteiger partial charge on any atom is -0.487 e. The zero-order valence-electron chi connectivity index (χ0n) is 18.5. The number of nitrogens with one attached hydrogen (secondary N) is 2. The van der Waals surface area contributed by atoms with Gasteiger partial charge in [0.25, 0.3) is 0 Å². The second-order valence-corrected chi connectivity index (χ2v) is 9.08. The van der Waals surface area contributed by atoms with E-state index in [-0.39, 0.29) is 24.4 Å². The van der Waals surface area contributed by atoms with E-state index in [2.05, 4.69) is 20.7 Å². The van der Waals surface area contributed by atoms with Crippen LogP contribution in [0.1, 0.15) is 41.9 Å². The Morgan fingerprint density at radius 1 is 1.24 bits per heavy atom. The lowest BCUT2D eigenvalue weighted by atomic mass is 10.2. The number of aromatic nitrogens is 3. The lowest BCUT2D eigenvalue weighted by Gasteiger charge is -2.11. The molecule has 8 nitrogen and oxygen atoms in total. The van der Waals surface area contributed by atoms with Gasteiger partial charge in [-0.2, -0.15) is 5.10 Å². The van der Waals surface area contributed by atoms with Gasteiger partial charge < -0.3 is 15.4 Å². The van der Waals surface area contributed by atoms with Crippen molar-refractivity contribution in [2.45, 2.75) is 51.8 Å². The molecule has 2 aromatic heterocycles. The summed E-state index contributed by atoms with van der Waals surface area (Å²) in [7, 11) is 0. The molecule has 0 radical (unpaired) electrons. The standard InChI is InChI=1S/C24H27N5O3S/c1-17-26-21(16-33-17)15-32-22-9-6-18(7-10-22)8-11-23(30)28-20-12-25-29(13-20)14-24(31)27-19-4-2-3-5-19/h6-13,16,19H,2-5,14-15H2,1H3,(H,27,31)(H,28,30)/b11-8+. The predicted molar refractivity (Wildman–Crippen MR) is 128 cm³/mol. The summed E-state index contributed by atoms with van der Waals surface area (Å²) in [6, 6.07) is 7.76. The van der Waals surface area contributed by atoms with Gasteiger partial charge in [-0.15, -0.1) is 11.3 Å². The molecule has 4 rings (SSSR count). The summed E-state index contributed by atoms with van der Waals surface area (Å²) in [4.78, 5) is 28.7. The number of aryl methyl sites for hydroxylation is 1. The van der Waals surface area contributed by atoms with Crippen molar-refractivity contribution in [2.24, 2.45) is 0 Å². The van der Waals surface area contributed by atoms with E-state index in [9.17, 15) is 9.59 Å². The SMILES string of the molecule is Cc1nc(COc2ccc(/C=C/C(=O)Nc3cnn(CC(=O)NC4CCCC4)c3)cc2)cs1.